The van der Waals surface area contributed by atoms with E-state index in [2.05, 4.69) is 17.6 Å². The van der Waals surface area contributed by atoms with Crippen molar-refractivity contribution in [2.24, 2.45) is 0 Å². The number of nitrogens with zero attached hydrogens (tertiary/aromatic N) is 1. The van der Waals surface area contributed by atoms with E-state index in [0.717, 1.165) is 23.3 Å². The van der Waals surface area contributed by atoms with Crippen molar-refractivity contribution in [3.8, 4) is 0 Å². The third-order valence-electron chi connectivity index (χ3n) is 5.53. The number of hydrogen-bond acceptors (Lipinski definition) is 4. The first-order valence-electron chi connectivity index (χ1n) is 11.9. The molecule has 186 valence electrons. The minimum absolute atomic E-state index is 0.0198. The van der Waals surface area contributed by atoms with Gasteiger partial charge in [-0.1, -0.05) is 51.1 Å². The maximum Gasteiger partial charge on any atom is 0.238 e. The molecule has 1 aliphatic heterocycles. The highest BCUT2D eigenvalue weighted by Gasteiger charge is 2.29. The standard InChI is InChI=1S/C25H31F2N3O2.C2H6/c1-4-6-24(32-3)19-11-9-18(10-12-19)13-28-25(31)23-16-30(14-17(2)29-23)15-20-21(26)7-5-8-22(20)27;1-2/h5-12,17,23,29H,4,13-16H2,1-3H3,(H,28,31);1-2H3/b24-6-;. The van der Waals surface area contributed by atoms with E-state index in [1.165, 1.54) is 18.2 Å². The SMILES string of the molecule is CC.CC/C=C(\OC)c1ccc(CNC(=O)C2CN(Cc3c(F)cccc3F)CC(C)N2)cc1. The molecule has 5 nitrogen and oxygen atoms in total. The summed E-state index contributed by atoms with van der Waals surface area (Å²) in [5.41, 5.74) is 2.00. The predicted molar refractivity (Wildman–Crippen MR) is 133 cm³/mol. The molecule has 7 heteroatoms. The number of nitrogens with one attached hydrogen (secondary N) is 2. The van der Waals surface area contributed by atoms with Gasteiger partial charge in [-0.25, -0.2) is 8.78 Å². The number of halogens is 2. The summed E-state index contributed by atoms with van der Waals surface area (Å²) in [4.78, 5) is 14.7. The van der Waals surface area contributed by atoms with Gasteiger partial charge in [0, 0.05) is 43.3 Å². The van der Waals surface area contributed by atoms with Crippen LogP contribution in [0, 0.1) is 11.6 Å². The van der Waals surface area contributed by atoms with E-state index < -0.39 is 17.7 Å². The van der Waals surface area contributed by atoms with Gasteiger partial charge in [-0.2, -0.15) is 0 Å². The third-order valence-corrected chi connectivity index (χ3v) is 5.53. The van der Waals surface area contributed by atoms with Crippen LogP contribution in [0.2, 0.25) is 0 Å². The molecule has 0 aliphatic carbocycles. The Labute approximate surface area is 202 Å². The van der Waals surface area contributed by atoms with Gasteiger partial charge in [-0.05, 0) is 37.1 Å². The summed E-state index contributed by atoms with van der Waals surface area (Å²) in [6.45, 7) is 9.52. The van der Waals surface area contributed by atoms with Crippen molar-refractivity contribution in [1.29, 1.82) is 0 Å². The van der Waals surface area contributed by atoms with E-state index >= 15 is 0 Å². The van der Waals surface area contributed by atoms with Crippen LogP contribution in [0.4, 0.5) is 8.78 Å². The van der Waals surface area contributed by atoms with Crippen LogP contribution < -0.4 is 10.6 Å². The highest BCUT2D eigenvalue weighted by molar-refractivity contribution is 5.82. The Hall–Kier alpha value is -2.77. The Morgan fingerprint density at radius 2 is 1.79 bits per heavy atom. The van der Waals surface area contributed by atoms with Gasteiger partial charge in [0.25, 0.3) is 0 Å². The molecule has 0 aromatic heterocycles. The zero-order valence-corrected chi connectivity index (χ0v) is 20.8. The fourth-order valence-electron chi connectivity index (χ4n) is 3.97. The van der Waals surface area contributed by atoms with Crippen LogP contribution >= 0.6 is 0 Å². The van der Waals surface area contributed by atoms with Crippen molar-refractivity contribution in [3.05, 3.63) is 76.9 Å². The first-order chi connectivity index (χ1) is 16.4. The average Bonchev–Trinajstić information content (AvgIpc) is 2.84. The number of carbonyl (C=O) groups excluding carboxylic acids is 1. The van der Waals surface area contributed by atoms with Gasteiger partial charge in [-0.15, -0.1) is 0 Å². The monoisotopic (exact) mass is 473 g/mol. The summed E-state index contributed by atoms with van der Waals surface area (Å²) >= 11 is 0. The number of piperazine rings is 1. The van der Waals surface area contributed by atoms with Crippen LogP contribution in [-0.4, -0.2) is 43.1 Å². The molecular formula is C27H37F2N3O2. The summed E-state index contributed by atoms with van der Waals surface area (Å²) in [6.07, 6.45) is 2.90. The molecule has 3 rings (SSSR count). The molecule has 1 saturated heterocycles. The van der Waals surface area contributed by atoms with Crippen molar-refractivity contribution in [2.45, 2.75) is 59.3 Å². The van der Waals surface area contributed by atoms with Gasteiger partial charge in [0.1, 0.15) is 17.4 Å². The Kier molecular flexibility index (Phi) is 11.2. The van der Waals surface area contributed by atoms with Gasteiger partial charge in [0.2, 0.25) is 5.91 Å². The molecule has 2 N–H and O–H groups in total. The van der Waals surface area contributed by atoms with E-state index in [-0.39, 0.29) is 24.1 Å². The summed E-state index contributed by atoms with van der Waals surface area (Å²) in [6, 6.07) is 11.3. The normalized spacial score (nSPS) is 18.6. The van der Waals surface area contributed by atoms with E-state index in [1.807, 2.05) is 56.0 Å². The van der Waals surface area contributed by atoms with Crippen LogP contribution in [0.1, 0.15) is 50.8 Å². The topological polar surface area (TPSA) is 53.6 Å². The molecule has 34 heavy (non-hydrogen) atoms. The molecule has 2 aromatic carbocycles. The number of hydrogen-bond donors (Lipinski definition) is 2. The van der Waals surface area contributed by atoms with Crippen molar-refractivity contribution < 1.29 is 18.3 Å². The second kappa shape index (κ2) is 13.8. The largest absolute Gasteiger partial charge is 0.496 e. The smallest absolute Gasteiger partial charge is 0.238 e. The lowest BCUT2D eigenvalue weighted by Crippen LogP contribution is -2.60. The molecule has 2 aromatic rings. The second-order valence-electron chi connectivity index (χ2n) is 8.11. The zero-order valence-electron chi connectivity index (χ0n) is 20.8. The fraction of sp³-hybridized carbons (Fsp3) is 0.444. The number of allylic oxidation sites excluding steroid dienone is 1. The Morgan fingerprint density at radius 1 is 1.15 bits per heavy atom. The van der Waals surface area contributed by atoms with Crippen LogP contribution in [0.5, 0.6) is 0 Å². The van der Waals surface area contributed by atoms with Crippen LogP contribution in [-0.2, 0) is 22.6 Å². The number of carbonyl (C=O) groups is 1. The lowest BCUT2D eigenvalue weighted by Gasteiger charge is -2.37. The van der Waals surface area contributed by atoms with E-state index in [0.29, 0.717) is 19.6 Å². The minimum atomic E-state index is -0.564. The van der Waals surface area contributed by atoms with E-state index in [4.69, 9.17) is 4.74 Å². The Bertz CT molecular complexity index is 927. The average molecular weight is 474 g/mol. The number of ether oxygens (including phenoxy) is 1. The highest BCUT2D eigenvalue weighted by atomic mass is 19.1. The molecule has 2 unspecified atom stereocenters. The molecule has 1 aliphatic rings. The fourth-order valence-corrected chi connectivity index (χ4v) is 3.97. The quantitative estimate of drug-likeness (QED) is 0.538. The molecule has 0 saturated carbocycles. The molecule has 0 bridgehead atoms. The molecule has 2 atom stereocenters. The first-order valence-corrected chi connectivity index (χ1v) is 11.9. The van der Waals surface area contributed by atoms with Gasteiger partial charge < -0.3 is 15.4 Å². The lowest BCUT2D eigenvalue weighted by molar-refractivity contribution is -0.124. The van der Waals surface area contributed by atoms with Gasteiger partial charge >= 0.3 is 0 Å². The van der Waals surface area contributed by atoms with Crippen LogP contribution in [0.25, 0.3) is 5.76 Å². The van der Waals surface area contributed by atoms with E-state index in [1.54, 1.807) is 7.11 Å². The minimum Gasteiger partial charge on any atom is -0.496 e. The third kappa shape index (κ3) is 7.64. The van der Waals surface area contributed by atoms with Crippen LogP contribution in [0.3, 0.4) is 0 Å². The maximum absolute atomic E-state index is 14.0. The summed E-state index contributed by atoms with van der Waals surface area (Å²) in [5, 5.41) is 6.24. The zero-order chi connectivity index (χ0) is 25.1. The molecule has 0 spiro atoms. The van der Waals surface area contributed by atoms with Crippen molar-refractivity contribution in [3.63, 3.8) is 0 Å². The predicted octanol–water partition coefficient (Wildman–Crippen LogP) is 4.87. The molecule has 1 amide bonds. The van der Waals surface area contributed by atoms with Crippen LogP contribution in [0.15, 0.2) is 48.5 Å². The summed E-state index contributed by atoms with van der Waals surface area (Å²) < 4.78 is 33.5. The number of methoxy groups -OCH3 is 1. The second-order valence-corrected chi connectivity index (χ2v) is 8.11. The summed E-state index contributed by atoms with van der Waals surface area (Å²) in [5.74, 6) is -0.435. The Morgan fingerprint density at radius 3 is 2.38 bits per heavy atom. The van der Waals surface area contributed by atoms with Gasteiger partial charge in [0.15, 0.2) is 0 Å². The van der Waals surface area contributed by atoms with Crippen molar-refractivity contribution in [2.75, 3.05) is 20.2 Å². The molecule has 1 heterocycles. The number of benzene rings is 2. The molecule has 0 radical (unpaired) electrons. The lowest BCUT2D eigenvalue weighted by atomic mass is 10.1. The maximum atomic E-state index is 14.0. The molecule has 1 fully saturated rings. The van der Waals surface area contributed by atoms with Gasteiger partial charge in [0.05, 0.1) is 13.2 Å². The summed E-state index contributed by atoms with van der Waals surface area (Å²) in [7, 11) is 1.65. The van der Waals surface area contributed by atoms with Gasteiger partial charge in [-0.3, -0.25) is 9.69 Å². The molecular weight excluding hydrogens is 436 g/mol. The Balaban J connectivity index is 0.00000199. The first kappa shape index (κ1) is 27.5. The number of rotatable bonds is 8. The highest BCUT2D eigenvalue weighted by Crippen LogP contribution is 2.18. The number of amides is 1. The van der Waals surface area contributed by atoms with E-state index in [9.17, 15) is 13.6 Å². The van der Waals surface area contributed by atoms with Crippen molar-refractivity contribution >= 4 is 11.7 Å². The van der Waals surface area contributed by atoms with Crippen molar-refractivity contribution in [1.82, 2.24) is 15.5 Å².